The molecular weight excluding hydrogens is 320 g/mol. The zero-order valence-electron chi connectivity index (χ0n) is 15.8. The number of hydrogen-bond acceptors (Lipinski definition) is 5. The molecule has 2 heterocycles. The second-order valence-electron chi connectivity index (χ2n) is 8.28. The first-order valence-corrected chi connectivity index (χ1v) is 11.3. The number of pyridine rings is 1. The molecule has 0 fully saturated rings. The quantitative estimate of drug-likeness (QED) is 0.815. The minimum absolute atomic E-state index is 0.0499. The molecular formula is C18H30N2O3Si. The highest BCUT2D eigenvalue weighted by atomic mass is 28.4. The lowest BCUT2D eigenvalue weighted by molar-refractivity contribution is -0.116. The van der Waals surface area contributed by atoms with E-state index in [9.17, 15) is 5.11 Å². The number of rotatable bonds is 3. The van der Waals surface area contributed by atoms with E-state index in [1.165, 1.54) is 0 Å². The average molecular weight is 351 g/mol. The maximum absolute atomic E-state index is 10.9. The lowest BCUT2D eigenvalue weighted by atomic mass is 9.89. The molecule has 3 N–H and O–H groups in total. The molecule has 3 atom stereocenters. The van der Waals surface area contributed by atoms with Gasteiger partial charge >= 0.3 is 0 Å². The van der Waals surface area contributed by atoms with Gasteiger partial charge in [-0.25, -0.2) is 0 Å². The zero-order valence-corrected chi connectivity index (χ0v) is 16.8. The summed E-state index contributed by atoms with van der Waals surface area (Å²) in [5, 5.41) is 11.0. The van der Waals surface area contributed by atoms with Crippen LogP contribution in [-0.2, 0) is 9.16 Å². The number of aliphatic hydroxyl groups is 1. The molecule has 0 amide bonds. The lowest BCUT2D eigenvalue weighted by Gasteiger charge is -2.46. The molecule has 6 heteroatoms. The van der Waals surface area contributed by atoms with Gasteiger partial charge in [0, 0.05) is 11.8 Å². The van der Waals surface area contributed by atoms with Gasteiger partial charge in [0.2, 0.25) is 0 Å². The summed E-state index contributed by atoms with van der Waals surface area (Å²) in [4.78, 5) is 4.02. The number of ether oxygens (including phenoxy) is 1. The van der Waals surface area contributed by atoms with Gasteiger partial charge in [-0.2, -0.15) is 0 Å². The van der Waals surface area contributed by atoms with Gasteiger partial charge in [0.25, 0.3) is 0 Å². The SMILES string of the molecule is C[C@H]1OC(c2ccncc2N)=C[C@@H](O[Si](C)(C)C(C)(C)C)[C@]1(C)O. The third kappa shape index (κ3) is 3.50. The van der Waals surface area contributed by atoms with Crippen LogP contribution in [0.5, 0.6) is 0 Å². The topological polar surface area (TPSA) is 77.6 Å². The van der Waals surface area contributed by atoms with E-state index in [-0.39, 0.29) is 5.04 Å². The third-order valence-electron chi connectivity index (χ3n) is 5.35. The van der Waals surface area contributed by atoms with Gasteiger partial charge in [-0.1, -0.05) is 20.8 Å². The van der Waals surface area contributed by atoms with Crippen molar-refractivity contribution in [2.75, 3.05) is 5.73 Å². The Morgan fingerprint density at radius 2 is 2.00 bits per heavy atom. The summed E-state index contributed by atoms with van der Waals surface area (Å²) in [5.41, 5.74) is 6.24. The minimum atomic E-state index is -2.06. The highest BCUT2D eigenvalue weighted by molar-refractivity contribution is 6.74. The van der Waals surface area contributed by atoms with Crippen LogP contribution in [0.2, 0.25) is 18.1 Å². The van der Waals surface area contributed by atoms with Crippen LogP contribution < -0.4 is 5.73 Å². The zero-order chi connectivity index (χ0) is 18.3. The molecule has 0 saturated heterocycles. The fourth-order valence-corrected chi connectivity index (χ4v) is 3.61. The first-order valence-electron chi connectivity index (χ1n) is 8.35. The molecule has 5 nitrogen and oxygen atoms in total. The van der Waals surface area contributed by atoms with Crippen LogP contribution in [0.3, 0.4) is 0 Å². The maximum Gasteiger partial charge on any atom is 0.193 e. The standard InChI is InChI=1S/C18H30N2O3Si/c1-12-18(5,21)16(23-24(6,7)17(2,3)4)10-15(22-12)13-8-9-20-11-14(13)19/h8-12,16,21H,19H2,1-7H3/t12-,16-,18-/m1/s1. The molecule has 1 aromatic heterocycles. The van der Waals surface area contributed by atoms with Crippen LogP contribution in [-0.4, -0.2) is 36.2 Å². The average Bonchev–Trinajstić information content (AvgIpc) is 2.43. The lowest BCUT2D eigenvalue weighted by Crippen LogP contribution is -2.57. The van der Waals surface area contributed by atoms with E-state index in [1.807, 2.05) is 19.1 Å². The van der Waals surface area contributed by atoms with E-state index >= 15 is 0 Å². The predicted molar refractivity (Wildman–Crippen MR) is 99.9 cm³/mol. The van der Waals surface area contributed by atoms with Gasteiger partial charge < -0.3 is 20.0 Å². The van der Waals surface area contributed by atoms with Gasteiger partial charge in [-0.3, -0.25) is 4.98 Å². The van der Waals surface area contributed by atoms with Crippen LogP contribution in [0, 0.1) is 0 Å². The predicted octanol–water partition coefficient (Wildman–Crippen LogP) is 3.56. The van der Waals surface area contributed by atoms with E-state index in [2.05, 4.69) is 38.8 Å². The Labute approximate surface area is 146 Å². The van der Waals surface area contributed by atoms with Crippen molar-refractivity contribution in [1.29, 1.82) is 0 Å². The van der Waals surface area contributed by atoms with Crippen molar-refractivity contribution in [3.63, 3.8) is 0 Å². The molecule has 2 rings (SSSR count). The summed E-state index contributed by atoms with van der Waals surface area (Å²) in [6, 6.07) is 1.82. The minimum Gasteiger partial charge on any atom is -0.487 e. The molecule has 0 saturated carbocycles. The molecule has 0 aromatic carbocycles. The van der Waals surface area contributed by atoms with Crippen molar-refractivity contribution < 1.29 is 14.3 Å². The van der Waals surface area contributed by atoms with E-state index < -0.39 is 26.1 Å². The van der Waals surface area contributed by atoms with Crippen LogP contribution in [0.15, 0.2) is 24.5 Å². The summed E-state index contributed by atoms with van der Waals surface area (Å²) in [5.74, 6) is 0.637. The smallest absolute Gasteiger partial charge is 0.193 e. The van der Waals surface area contributed by atoms with Gasteiger partial charge in [0.05, 0.1) is 18.0 Å². The molecule has 0 spiro atoms. The number of aromatic nitrogens is 1. The molecule has 0 bridgehead atoms. The maximum atomic E-state index is 10.9. The molecule has 134 valence electrons. The molecule has 0 radical (unpaired) electrons. The van der Waals surface area contributed by atoms with E-state index in [0.717, 1.165) is 5.56 Å². The second-order valence-corrected chi connectivity index (χ2v) is 13.0. The summed E-state index contributed by atoms with van der Waals surface area (Å²) in [7, 11) is -2.06. The van der Waals surface area contributed by atoms with Crippen molar-refractivity contribution in [3.8, 4) is 0 Å². The van der Waals surface area contributed by atoms with Crippen molar-refractivity contribution in [2.45, 2.75) is 70.6 Å². The number of anilines is 1. The summed E-state index contributed by atoms with van der Waals surface area (Å²) in [6.45, 7) is 14.5. The molecule has 1 aliphatic rings. The van der Waals surface area contributed by atoms with Crippen molar-refractivity contribution in [1.82, 2.24) is 4.98 Å². The largest absolute Gasteiger partial charge is 0.487 e. The first-order chi connectivity index (χ1) is 10.9. The summed E-state index contributed by atoms with van der Waals surface area (Å²) < 4.78 is 12.4. The Bertz CT molecular complexity index is 635. The molecule has 0 unspecified atom stereocenters. The van der Waals surface area contributed by atoms with Gasteiger partial charge in [0.1, 0.15) is 17.5 Å². The van der Waals surface area contributed by atoms with Crippen molar-refractivity contribution in [3.05, 3.63) is 30.1 Å². The fraction of sp³-hybridized carbons (Fsp3) is 0.611. The Balaban J connectivity index is 2.43. The number of nitrogen functional groups attached to an aromatic ring is 1. The Kier molecular flexibility index (Phi) is 4.87. The van der Waals surface area contributed by atoms with Gasteiger partial charge in [-0.15, -0.1) is 0 Å². The van der Waals surface area contributed by atoms with Crippen LogP contribution in [0.1, 0.15) is 40.2 Å². The normalized spacial score (nSPS) is 28.2. The highest BCUT2D eigenvalue weighted by Crippen LogP contribution is 2.42. The number of nitrogens with two attached hydrogens (primary N) is 1. The van der Waals surface area contributed by atoms with E-state index in [0.29, 0.717) is 11.4 Å². The van der Waals surface area contributed by atoms with E-state index in [4.69, 9.17) is 14.9 Å². The van der Waals surface area contributed by atoms with Crippen LogP contribution >= 0.6 is 0 Å². The molecule has 1 aromatic rings. The Hall–Kier alpha value is -1.37. The Morgan fingerprint density at radius 1 is 1.38 bits per heavy atom. The highest BCUT2D eigenvalue weighted by Gasteiger charge is 2.48. The summed E-state index contributed by atoms with van der Waals surface area (Å²) >= 11 is 0. The Morgan fingerprint density at radius 3 is 2.54 bits per heavy atom. The van der Waals surface area contributed by atoms with Gasteiger partial charge in [-0.05, 0) is 44.1 Å². The van der Waals surface area contributed by atoms with Crippen LogP contribution in [0.25, 0.3) is 5.76 Å². The second kappa shape index (κ2) is 6.17. The molecule has 24 heavy (non-hydrogen) atoms. The van der Waals surface area contributed by atoms with Crippen molar-refractivity contribution in [2.24, 2.45) is 0 Å². The fourth-order valence-electron chi connectivity index (χ4n) is 2.32. The third-order valence-corrected chi connectivity index (χ3v) is 9.81. The summed E-state index contributed by atoms with van der Waals surface area (Å²) in [6.07, 6.45) is 4.26. The van der Waals surface area contributed by atoms with Crippen LogP contribution in [0.4, 0.5) is 5.69 Å². The van der Waals surface area contributed by atoms with E-state index in [1.54, 1.807) is 19.3 Å². The first kappa shape index (κ1) is 19.0. The number of hydrogen-bond donors (Lipinski definition) is 2. The molecule has 0 aliphatic carbocycles. The molecule has 1 aliphatic heterocycles. The van der Waals surface area contributed by atoms with Crippen molar-refractivity contribution >= 4 is 19.8 Å². The monoisotopic (exact) mass is 350 g/mol. The number of nitrogens with zero attached hydrogens (tertiary/aromatic N) is 1. The van der Waals surface area contributed by atoms with Gasteiger partial charge in [0.15, 0.2) is 8.32 Å².